The second kappa shape index (κ2) is 12.1. The van der Waals surface area contributed by atoms with Crippen LogP contribution in [-0.2, 0) is 11.2 Å². The van der Waals surface area contributed by atoms with Gasteiger partial charge in [-0.15, -0.1) is 24.0 Å². The molecule has 1 aliphatic heterocycles. The molecule has 0 saturated carbocycles. The molecule has 1 saturated heterocycles. The molecular weight excluding hydrogens is 427 g/mol. The van der Waals surface area contributed by atoms with Gasteiger partial charge in [0.25, 0.3) is 0 Å². The molecule has 1 aromatic carbocycles. The van der Waals surface area contributed by atoms with Crippen LogP contribution in [0, 0.1) is 6.92 Å². The maximum absolute atomic E-state index is 11.6. The first-order chi connectivity index (χ1) is 11.7. The quantitative estimate of drug-likeness (QED) is 0.273. The van der Waals surface area contributed by atoms with Gasteiger partial charge in [-0.1, -0.05) is 29.8 Å². The van der Waals surface area contributed by atoms with Crippen molar-refractivity contribution in [2.45, 2.75) is 39.5 Å². The third kappa shape index (κ3) is 8.07. The number of aliphatic imine (C=N–C) groups is 1. The first kappa shape index (κ1) is 21.7. The van der Waals surface area contributed by atoms with Gasteiger partial charge in [0.15, 0.2) is 5.96 Å². The van der Waals surface area contributed by atoms with E-state index in [2.05, 4.69) is 53.7 Å². The molecule has 1 aliphatic rings. The molecule has 2 N–H and O–H groups in total. The first-order valence-electron chi connectivity index (χ1n) is 9.04. The molecule has 1 heterocycles. The fourth-order valence-corrected chi connectivity index (χ4v) is 2.93. The summed E-state index contributed by atoms with van der Waals surface area (Å²) in [6, 6.07) is 8.60. The third-order valence-electron chi connectivity index (χ3n) is 4.16. The molecule has 0 unspecified atom stereocenters. The minimum atomic E-state index is 0. The van der Waals surface area contributed by atoms with E-state index in [0.29, 0.717) is 12.3 Å². The molecule has 2 rings (SSSR count). The maximum atomic E-state index is 11.6. The Kier molecular flexibility index (Phi) is 10.5. The molecule has 0 aliphatic carbocycles. The molecule has 0 radical (unpaired) electrons. The number of aryl methyl sites for hydroxylation is 1. The Balaban J connectivity index is 0.00000312. The van der Waals surface area contributed by atoms with Crippen molar-refractivity contribution >= 4 is 35.8 Å². The smallest absolute Gasteiger partial charge is 0.222 e. The summed E-state index contributed by atoms with van der Waals surface area (Å²) in [4.78, 5) is 18.1. The van der Waals surface area contributed by atoms with Crippen molar-refractivity contribution < 1.29 is 4.79 Å². The minimum absolute atomic E-state index is 0. The number of guanidine groups is 1. The van der Waals surface area contributed by atoms with Gasteiger partial charge in [-0.2, -0.15) is 0 Å². The molecule has 140 valence electrons. The summed E-state index contributed by atoms with van der Waals surface area (Å²) >= 11 is 0. The summed E-state index contributed by atoms with van der Waals surface area (Å²) in [5.74, 6) is 1.15. The van der Waals surface area contributed by atoms with E-state index >= 15 is 0 Å². The molecule has 1 aromatic rings. The number of amides is 1. The van der Waals surface area contributed by atoms with Gasteiger partial charge >= 0.3 is 0 Å². The van der Waals surface area contributed by atoms with Crippen molar-refractivity contribution in [2.24, 2.45) is 4.99 Å². The van der Waals surface area contributed by atoms with E-state index in [-0.39, 0.29) is 24.0 Å². The van der Waals surface area contributed by atoms with Crippen LogP contribution in [0.15, 0.2) is 29.3 Å². The summed E-state index contributed by atoms with van der Waals surface area (Å²) in [5.41, 5.74) is 2.63. The molecule has 25 heavy (non-hydrogen) atoms. The lowest BCUT2D eigenvalue weighted by Gasteiger charge is -2.15. The van der Waals surface area contributed by atoms with Gasteiger partial charge in [0.05, 0.1) is 0 Å². The lowest BCUT2D eigenvalue weighted by Crippen LogP contribution is -2.38. The summed E-state index contributed by atoms with van der Waals surface area (Å²) in [6.45, 7) is 8.38. The molecule has 5 nitrogen and oxygen atoms in total. The molecular formula is C19H31IN4O. The topological polar surface area (TPSA) is 56.7 Å². The number of halogens is 1. The van der Waals surface area contributed by atoms with Crippen LogP contribution < -0.4 is 10.6 Å². The average Bonchev–Trinajstić information content (AvgIpc) is 2.97. The maximum Gasteiger partial charge on any atom is 0.222 e. The number of hydrogen-bond acceptors (Lipinski definition) is 2. The van der Waals surface area contributed by atoms with Crippen molar-refractivity contribution in [3.8, 4) is 0 Å². The van der Waals surface area contributed by atoms with Crippen molar-refractivity contribution in [1.82, 2.24) is 15.5 Å². The van der Waals surface area contributed by atoms with Gasteiger partial charge in [0, 0.05) is 39.1 Å². The monoisotopic (exact) mass is 458 g/mol. The van der Waals surface area contributed by atoms with E-state index in [4.69, 9.17) is 0 Å². The predicted octanol–water partition coefficient (Wildman–Crippen LogP) is 2.72. The number of likely N-dealkylation sites (tertiary alicyclic amines) is 1. The Morgan fingerprint density at radius 2 is 2.16 bits per heavy atom. The zero-order chi connectivity index (χ0) is 17.2. The van der Waals surface area contributed by atoms with Crippen molar-refractivity contribution in [3.05, 3.63) is 35.4 Å². The van der Waals surface area contributed by atoms with Crippen LogP contribution in [0.2, 0.25) is 0 Å². The van der Waals surface area contributed by atoms with Crippen LogP contribution in [0.25, 0.3) is 0 Å². The molecule has 6 heteroatoms. The average molecular weight is 458 g/mol. The standard InChI is InChI=1S/C19H30N4O.HI/c1-3-20-19(21-11-6-14-23-13-5-9-18(23)24)22-12-10-17-8-4-7-16(2)15-17;/h4,7-8,15H,3,5-6,9-14H2,1-2H3,(H2,20,21,22);1H. The number of carbonyl (C=O) groups excluding carboxylic acids is 1. The van der Waals surface area contributed by atoms with Gasteiger partial charge < -0.3 is 15.5 Å². The lowest BCUT2D eigenvalue weighted by molar-refractivity contribution is -0.127. The van der Waals surface area contributed by atoms with Crippen molar-refractivity contribution in [2.75, 3.05) is 32.7 Å². The van der Waals surface area contributed by atoms with Gasteiger partial charge in [0.1, 0.15) is 0 Å². The fraction of sp³-hybridized carbons (Fsp3) is 0.579. The van der Waals surface area contributed by atoms with Crippen LogP contribution >= 0.6 is 24.0 Å². The summed E-state index contributed by atoms with van der Waals surface area (Å²) in [5, 5.41) is 6.66. The number of nitrogens with zero attached hydrogens (tertiary/aromatic N) is 2. The molecule has 1 fully saturated rings. The first-order valence-corrected chi connectivity index (χ1v) is 9.04. The highest BCUT2D eigenvalue weighted by Crippen LogP contribution is 2.09. The number of rotatable bonds is 8. The van der Waals surface area contributed by atoms with Crippen LogP contribution in [0.5, 0.6) is 0 Å². The molecule has 0 spiro atoms. The Bertz CT molecular complexity index is 562. The zero-order valence-electron chi connectivity index (χ0n) is 15.4. The predicted molar refractivity (Wildman–Crippen MR) is 115 cm³/mol. The lowest BCUT2D eigenvalue weighted by atomic mass is 10.1. The van der Waals surface area contributed by atoms with Gasteiger partial charge in [0.2, 0.25) is 5.91 Å². The van der Waals surface area contributed by atoms with E-state index in [9.17, 15) is 4.79 Å². The fourth-order valence-electron chi connectivity index (χ4n) is 2.93. The largest absolute Gasteiger partial charge is 0.357 e. The highest BCUT2D eigenvalue weighted by atomic mass is 127. The highest BCUT2D eigenvalue weighted by molar-refractivity contribution is 14.0. The molecule has 0 atom stereocenters. The van der Waals surface area contributed by atoms with E-state index in [1.807, 2.05) is 4.90 Å². The van der Waals surface area contributed by atoms with E-state index < -0.39 is 0 Å². The van der Waals surface area contributed by atoms with Crippen molar-refractivity contribution in [1.29, 1.82) is 0 Å². The Morgan fingerprint density at radius 1 is 1.32 bits per heavy atom. The molecule has 0 bridgehead atoms. The van der Waals surface area contributed by atoms with Crippen LogP contribution in [-0.4, -0.2) is 49.5 Å². The van der Waals surface area contributed by atoms with Gasteiger partial charge in [-0.05, 0) is 38.7 Å². The van der Waals surface area contributed by atoms with E-state index in [1.54, 1.807) is 0 Å². The van der Waals surface area contributed by atoms with Crippen LogP contribution in [0.3, 0.4) is 0 Å². The third-order valence-corrected chi connectivity index (χ3v) is 4.16. The highest BCUT2D eigenvalue weighted by Gasteiger charge is 2.18. The molecule has 0 aromatic heterocycles. The Hall–Kier alpha value is -1.31. The minimum Gasteiger partial charge on any atom is -0.357 e. The van der Waals surface area contributed by atoms with Crippen molar-refractivity contribution in [3.63, 3.8) is 0 Å². The number of benzene rings is 1. The number of hydrogen-bond donors (Lipinski definition) is 2. The molecule has 1 amide bonds. The second-order valence-electron chi connectivity index (χ2n) is 6.26. The Morgan fingerprint density at radius 3 is 2.84 bits per heavy atom. The van der Waals surface area contributed by atoms with E-state index in [0.717, 1.165) is 57.9 Å². The second-order valence-corrected chi connectivity index (χ2v) is 6.26. The van der Waals surface area contributed by atoms with Crippen LogP contribution in [0.4, 0.5) is 0 Å². The number of carbonyl (C=O) groups is 1. The summed E-state index contributed by atoms with van der Waals surface area (Å²) < 4.78 is 0. The van der Waals surface area contributed by atoms with E-state index in [1.165, 1.54) is 11.1 Å². The van der Waals surface area contributed by atoms with Gasteiger partial charge in [-0.3, -0.25) is 9.79 Å². The zero-order valence-corrected chi connectivity index (χ0v) is 17.7. The number of nitrogens with one attached hydrogen (secondary N) is 2. The SMILES string of the molecule is CCNC(=NCCCN1CCCC1=O)NCCc1cccc(C)c1.I. The summed E-state index contributed by atoms with van der Waals surface area (Å²) in [6.07, 6.45) is 3.62. The summed E-state index contributed by atoms with van der Waals surface area (Å²) in [7, 11) is 0. The van der Waals surface area contributed by atoms with Crippen LogP contribution in [0.1, 0.15) is 37.3 Å². The van der Waals surface area contributed by atoms with Gasteiger partial charge in [-0.25, -0.2) is 0 Å². The normalized spacial score (nSPS) is 14.4. The Labute approximate surface area is 168 Å².